The number of rotatable bonds is 2. The normalized spacial score (nSPS) is 14.0. The summed E-state index contributed by atoms with van der Waals surface area (Å²) in [6, 6.07) is 27.8. The predicted molar refractivity (Wildman–Crippen MR) is 245 cm³/mol. The van der Waals surface area contributed by atoms with Crippen LogP contribution in [0.2, 0.25) is 0 Å². The average Bonchev–Trinajstić information content (AvgIpc) is 3.48. The maximum atomic E-state index is 12.1. The van der Waals surface area contributed by atoms with Crippen LogP contribution in [0.1, 0.15) is 84.6 Å². The largest absolute Gasteiger partial charge is 0.509 e. The van der Waals surface area contributed by atoms with Gasteiger partial charge in [-0.1, -0.05) is 98.1 Å². The van der Waals surface area contributed by atoms with Gasteiger partial charge in [-0.2, -0.15) is 0 Å². The van der Waals surface area contributed by atoms with Crippen molar-refractivity contribution in [2.24, 2.45) is 0 Å². The van der Waals surface area contributed by atoms with Crippen molar-refractivity contribution in [1.82, 2.24) is 0 Å². The van der Waals surface area contributed by atoms with Gasteiger partial charge in [0, 0.05) is 37.6 Å². The fourth-order valence-corrected chi connectivity index (χ4v) is 9.85. The highest BCUT2D eigenvalue weighted by Crippen LogP contribution is 2.50. The van der Waals surface area contributed by atoms with Gasteiger partial charge in [-0.3, -0.25) is 0 Å². The summed E-state index contributed by atoms with van der Waals surface area (Å²) >= 11 is 1.91. The molecule has 6 aromatic rings. The van der Waals surface area contributed by atoms with Crippen LogP contribution in [-0.2, 0) is 16.2 Å². The third-order valence-corrected chi connectivity index (χ3v) is 13.2. The van der Waals surface area contributed by atoms with Crippen molar-refractivity contribution < 1.29 is 10.2 Å². The van der Waals surface area contributed by atoms with Gasteiger partial charge in [0.15, 0.2) is 0 Å². The van der Waals surface area contributed by atoms with Crippen LogP contribution in [0.3, 0.4) is 0 Å². The van der Waals surface area contributed by atoms with E-state index in [1.165, 1.54) is 48.2 Å². The lowest BCUT2D eigenvalue weighted by molar-refractivity contribution is 0.471. The Morgan fingerprint density at radius 2 is 1.11 bits per heavy atom. The Hall–Kier alpha value is -4.48. The minimum atomic E-state index is -0.0763. The Morgan fingerprint density at radius 1 is 0.574 bits per heavy atom. The van der Waals surface area contributed by atoms with Crippen molar-refractivity contribution in [2.45, 2.75) is 85.5 Å². The van der Waals surface area contributed by atoms with Crippen molar-refractivity contribution in [2.75, 3.05) is 9.80 Å². The first-order chi connectivity index (χ1) is 25.2. The summed E-state index contributed by atoms with van der Waals surface area (Å²) in [6.07, 6.45) is 0. The Morgan fingerprint density at radius 3 is 1.72 bits per heavy atom. The highest BCUT2D eigenvalue weighted by Gasteiger charge is 2.46. The number of fused-ring (bicyclic) bond motifs is 6. The monoisotopic (exact) mass is 726 g/mol. The molecule has 2 aliphatic rings. The van der Waals surface area contributed by atoms with Gasteiger partial charge in [-0.25, -0.2) is 0 Å². The van der Waals surface area contributed by atoms with Crippen LogP contribution >= 0.6 is 11.3 Å². The fourth-order valence-electron chi connectivity index (χ4n) is 8.55. The van der Waals surface area contributed by atoms with E-state index >= 15 is 0 Å². The Balaban J connectivity index is 1.53. The molecule has 1 aromatic heterocycles. The number of aromatic hydroxyl groups is 2. The number of nitrogens with zero attached hydrogens (tertiary/aromatic N) is 2. The minimum absolute atomic E-state index is 0.00430. The fraction of sp³-hybridized carbons (Fsp3) is 0.289. The number of benzene rings is 5. The number of phenolic OH excluding ortho intramolecular Hbond substituents is 2. The molecule has 270 valence electrons. The van der Waals surface area contributed by atoms with Gasteiger partial charge < -0.3 is 20.0 Å². The van der Waals surface area contributed by atoms with E-state index in [9.17, 15) is 10.2 Å². The Bertz CT molecular complexity index is 2510. The number of thiophene rings is 1. The van der Waals surface area contributed by atoms with Crippen molar-refractivity contribution in [1.29, 1.82) is 0 Å². The highest BCUT2D eigenvalue weighted by molar-refractivity contribution is 7.33. The summed E-state index contributed by atoms with van der Waals surface area (Å²) in [5.74, 6) is 0.420. The minimum Gasteiger partial charge on any atom is -0.509 e. The van der Waals surface area contributed by atoms with Gasteiger partial charge in [0.1, 0.15) is 35.0 Å². The summed E-state index contributed by atoms with van der Waals surface area (Å²) < 4.78 is 2.60. The van der Waals surface area contributed by atoms with Crippen molar-refractivity contribution in [3.63, 3.8) is 0 Å². The molecule has 0 radical (unpaired) electrons. The molecule has 2 aliphatic heterocycles. The summed E-state index contributed by atoms with van der Waals surface area (Å²) in [5.41, 5.74) is 15.6. The molecular weight excluding hydrogens is 676 g/mol. The van der Waals surface area contributed by atoms with E-state index < -0.39 is 0 Å². The molecule has 0 bridgehead atoms. The molecule has 0 aliphatic carbocycles. The zero-order valence-corrected chi connectivity index (χ0v) is 35.0. The van der Waals surface area contributed by atoms with Crippen LogP contribution in [0.15, 0.2) is 72.8 Å². The predicted octanol–water partition coefficient (Wildman–Crippen LogP) is 5.37. The number of hydrogen-bond acceptors (Lipinski definition) is 5. The second-order valence-corrected chi connectivity index (χ2v) is 19.9. The molecule has 0 atom stereocenters. The molecule has 0 amide bonds. The van der Waals surface area contributed by atoms with Gasteiger partial charge in [0.2, 0.25) is 0 Å². The lowest BCUT2D eigenvalue weighted by atomic mass is 9.36. The molecule has 0 fully saturated rings. The highest BCUT2D eigenvalue weighted by atomic mass is 32.1. The second-order valence-electron chi connectivity index (χ2n) is 18.8. The first-order valence-electron chi connectivity index (χ1n) is 19.3. The Kier molecular flexibility index (Phi) is 8.12. The first kappa shape index (κ1) is 36.5. The quantitative estimate of drug-likeness (QED) is 0.186. The van der Waals surface area contributed by atoms with Crippen LogP contribution in [-0.4, -0.2) is 40.5 Å². The van der Waals surface area contributed by atoms with E-state index in [0.29, 0.717) is 22.1 Å². The molecular formula is C45H50B4N2O2S. The van der Waals surface area contributed by atoms with E-state index in [-0.39, 0.29) is 34.5 Å². The zero-order valence-electron chi connectivity index (χ0n) is 34.2. The smallest absolute Gasteiger partial charge is 0.264 e. The first-order valence-corrected chi connectivity index (χ1v) is 20.1. The van der Waals surface area contributed by atoms with Crippen molar-refractivity contribution in [3.05, 3.63) is 95.1 Å². The van der Waals surface area contributed by atoms with E-state index in [1.54, 1.807) is 0 Å². The standard InChI is InChI=1S/C45H50B4N2O2S/c1-23-19-31-37-32(20-23)51(39-36(48)40(52)34(46)35(47)41(39)53)30-17-13-26(45(8,9)10)22-29(30)49(37)42-38(28-21-25(44(5,6)7)14-18-33(28)54-42)50(31)27-15-11-24(12-16-27)43(2,3)4/h11-22,52-53H,46-48H2,1-10H3. The van der Waals surface area contributed by atoms with Gasteiger partial charge in [-0.15, -0.1) is 11.3 Å². The van der Waals surface area contributed by atoms with Crippen molar-refractivity contribution >= 4 is 118 Å². The van der Waals surface area contributed by atoms with Gasteiger partial charge in [0.05, 0.1) is 11.4 Å². The van der Waals surface area contributed by atoms with Gasteiger partial charge in [-0.05, 0) is 110 Å². The van der Waals surface area contributed by atoms with Crippen LogP contribution in [0.5, 0.6) is 11.5 Å². The molecule has 3 heterocycles. The topological polar surface area (TPSA) is 46.9 Å². The van der Waals surface area contributed by atoms with E-state index in [2.05, 4.69) is 152 Å². The third kappa shape index (κ3) is 5.44. The van der Waals surface area contributed by atoms with E-state index in [4.69, 9.17) is 0 Å². The summed E-state index contributed by atoms with van der Waals surface area (Å²) in [6.45, 7) is 22.6. The summed E-state index contributed by atoms with van der Waals surface area (Å²) in [7, 11) is 5.70. The molecule has 4 nitrogen and oxygen atoms in total. The van der Waals surface area contributed by atoms with Crippen LogP contribution in [0.25, 0.3) is 10.1 Å². The summed E-state index contributed by atoms with van der Waals surface area (Å²) in [5, 5.41) is 24.8. The maximum absolute atomic E-state index is 12.1. The second kappa shape index (κ2) is 12.0. The molecule has 0 unspecified atom stereocenters. The number of phenols is 2. The van der Waals surface area contributed by atoms with Crippen LogP contribution in [0, 0.1) is 6.92 Å². The zero-order chi connectivity index (χ0) is 39.0. The average molecular weight is 726 g/mol. The molecule has 9 heteroatoms. The van der Waals surface area contributed by atoms with E-state index in [0.717, 1.165) is 28.3 Å². The van der Waals surface area contributed by atoms with Crippen LogP contribution < -0.4 is 41.9 Å². The molecule has 54 heavy (non-hydrogen) atoms. The Labute approximate surface area is 328 Å². The molecule has 0 saturated heterocycles. The molecule has 8 rings (SSSR count). The lowest BCUT2D eigenvalue weighted by Gasteiger charge is -2.44. The number of aryl methyl sites for hydroxylation is 1. The number of hydrogen-bond donors (Lipinski definition) is 2. The maximum Gasteiger partial charge on any atom is 0.264 e. The summed E-state index contributed by atoms with van der Waals surface area (Å²) in [4.78, 5) is 4.74. The van der Waals surface area contributed by atoms with Gasteiger partial charge >= 0.3 is 0 Å². The van der Waals surface area contributed by atoms with Crippen molar-refractivity contribution in [3.8, 4) is 11.5 Å². The van der Waals surface area contributed by atoms with Crippen LogP contribution in [0.4, 0.5) is 34.1 Å². The molecule has 0 saturated carbocycles. The lowest BCUT2D eigenvalue weighted by Crippen LogP contribution is -2.61. The molecule has 0 spiro atoms. The molecule has 5 aromatic carbocycles. The SMILES string of the molecule is Bc1c(B)c(O)c(N2c3ccc(C(C)(C)C)cc3B3c4sc5ccc(C(C)(C)C)cc5c4N(c4ccc(C(C)(C)C)cc4)c4cc(C)cc2c43)c(B)c1O. The number of anilines is 6. The molecule has 2 N–H and O–H groups in total. The third-order valence-electron chi connectivity index (χ3n) is 12.0. The van der Waals surface area contributed by atoms with Gasteiger partial charge in [0.25, 0.3) is 6.71 Å². The van der Waals surface area contributed by atoms with E-state index in [1.807, 2.05) is 34.9 Å².